The Bertz CT molecular complexity index is 660. The lowest BCUT2D eigenvalue weighted by atomic mass is 9.94. The third-order valence-corrected chi connectivity index (χ3v) is 5.10. The van der Waals surface area contributed by atoms with Crippen molar-refractivity contribution in [1.82, 2.24) is 4.90 Å². The standard InChI is InChI=1S/C18H25NO4S/c1-10(2)15(20)13-14(17-12(5)6-9-24-17)19(18(22)16(13)21)7-8-23-11(3)4/h6,9-11,14,21H,7-8H2,1-5H3. The number of rotatable bonds is 7. The van der Waals surface area contributed by atoms with E-state index in [2.05, 4.69) is 0 Å². The third kappa shape index (κ3) is 3.54. The zero-order valence-electron chi connectivity index (χ0n) is 14.8. The third-order valence-electron chi connectivity index (χ3n) is 4.03. The van der Waals surface area contributed by atoms with Gasteiger partial charge in [0.05, 0.1) is 24.3 Å². The first kappa shape index (κ1) is 18.7. The summed E-state index contributed by atoms with van der Waals surface area (Å²) in [6.45, 7) is 10.0. The molecule has 0 aromatic carbocycles. The van der Waals surface area contributed by atoms with Gasteiger partial charge in [0, 0.05) is 17.3 Å². The van der Waals surface area contributed by atoms with Crippen molar-refractivity contribution in [1.29, 1.82) is 0 Å². The maximum atomic E-state index is 12.6. The normalized spacial score (nSPS) is 18.4. The van der Waals surface area contributed by atoms with Gasteiger partial charge in [-0.05, 0) is 37.8 Å². The summed E-state index contributed by atoms with van der Waals surface area (Å²) in [6, 6.07) is 1.43. The maximum Gasteiger partial charge on any atom is 0.290 e. The molecule has 132 valence electrons. The highest BCUT2D eigenvalue weighted by Crippen LogP contribution is 2.41. The number of nitrogens with zero attached hydrogens (tertiary/aromatic N) is 1. The molecule has 0 saturated heterocycles. The molecule has 1 aliphatic heterocycles. The van der Waals surface area contributed by atoms with Crippen molar-refractivity contribution >= 4 is 23.0 Å². The summed E-state index contributed by atoms with van der Waals surface area (Å²) < 4.78 is 5.55. The number of aryl methyl sites for hydroxylation is 1. The van der Waals surface area contributed by atoms with Gasteiger partial charge in [-0.1, -0.05) is 13.8 Å². The molecule has 0 bridgehead atoms. The topological polar surface area (TPSA) is 66.8 Å². The van der Waals surface area contributed by atoms with Gasteiger partial charge in [-0.25, -0.2) is 0 Å². The minimum atomic E-state index is -0.525. The lowest BCUT2D eigenvalue weighted by molar-refractivity contribution is -0.130. The van der Waals surface area contributed by atoms with E-state index < -0.39 is 17.7 Å². The van der Waals surface area contributed by atoms with E-state index in [-0.39, 0.29) is 23.4 Å². The monoisotopic (exact) mass is 351 g/mol. The van der Waals surface area contributed by atoms with E-state index in [1.165, 1.54) is 11.3 Å². The van der Waals surface area contributed by atoms with Gasteiger partial charge >= 0.3 is 0 Å². The van der Waals surface area contributed by atoms with Gasteiger partial charge in [0.25, 0.3) is 5.91 Å². The predicted molar refractivity (Wildman–Crippen MR) is 94.1 cm³/mol. The van der Waals surface area contributed by atoms with Crippen molar-refractivity contribution in [3.8, 4) is 0 Å². The molecule has 0 fully saturated rings. The van der Waals surface area contributed by atoms with Gasteiger partial charge in [0.1, 0.15) is 0 Å². The van der Waals surface area contributed by atoms with Gasteiger partial charge in [-0.2, -0.15) is 0 Å². The summed E-state index contributed by atoms with van der Waals surface area (Å²) in [6.07, 6.45) is 0.0583. The number of carbonyl (C=O) groups is 2. The van der Waals surface area contributed by atoms with Crippen molar-refractivity contribution in [2.45, 2.75) is 46.8 Å². The first-order valence-electron chi connectivity index (χ1n) is 8.19. The van der Waals surface area contributed by atoms with Crippen molar-refractivity contribution in [2.75, 3.05) is 13.2 Å². The Labute approximate surface area is 146 Å². The summed E-state index contributed by atoms with van der Waals surface area (Å²) >= 11 is 1.50. The Hall–Kier alpha value is -1.66. The highest BCUT2D eigenvalue weighted by molar-refractivity contribution is 7.10. The number of hydrogen-bond donors (Lipinski definition) is 1. The van der Waals surface area contributed by atoms with Crippen LogP contribution in [-0.4, -0.2) is 41.0 Å². The molecular weight excluding hydrogens is 326 g/mol. The van der Waals surface area contributed by atoms with Crippen molar-refractivity contribution < 1.29 is 19.4 Å². The molecule has 0 radical (unpaired) electrons. The predicted octanol–water partition coefficient (Wildman–Crippen LogP) is 3.40. The quantitative estimate of drug-likeness (QED) is 0.817. The molecule has 5 nitrogen and oxygen atoms in total. The molecule has 1 unspecified atom stereocenters. The second-order valence-corrected chi connectivity index (χ2v) is 7.52. The Morgan fingerprint density at radius 2 is 2.04 bits per heavy atom. The summed E-state index contributed by atoms with van der Waals surface area (Å²) in [5.74, 6) is -1.39. The molecule has 1 N–H and O–H groups in total. The molecule has 1 atom stereocenters. The summed E-state index contributed by atoms with van der Waals surface area (Å²) in [5, 5.41) is 12.3. The molecule has 2 heterocycles. The number of aliphatic hydroxyl groups is 1. The SMILES string of the molecule is Cc1ccsc1C1C(C(=O)C(C)C)=C(O)C(=O)N1CCOC(C)C. The zero-order valence-corrected chi connectivity index (χ0v) is 15.6. The summed E-state index contributed by atoms with van der Waals surface area (Å²) in [5.41, 5.74) is 1.22. The number of hydrogen-bond acceptors (Lipinski definition) is 5. The number of thiophene rings is 1. The van der Waals surface area contributed by atoms with E-state index in [9.17, 15) is 14.7 Å². The number of amides is 1. The molecule has 1 amide bonds. The van der Waals surface area contributed by atoms with E-state index in [1.54, 1.807) is 18.7 Å². The summed E-state index contributed by atoms with van der Waals surface area (Å²) in [4.78, 5) is 27.6. The van der Waals surface area contributed by atoms with Crippen LogP contribution >= 0.6 is 11.3 Å². The lowest BCUT2D eigenvalue weighted by Gasteiger charge is -2.27. The lowest BCUT2D eigenvalue weighted by Crippen LogP contribution is -2.34. The number of ether oxygens (including phenoxy) is 1. The average molecular weight is 351 g/mol. The van der Waals surface area contributed by atoms with Gasteiger partial charge in [0.15, 0.2) is 11.5 Å². The Morgan fingerprint density at radius 3 is 2.54 bits per heavy atom. The molecule has 1 aromatic heterocycles. The van der Waals surface area contributed by atoms with Crippen LogP contribution in [0.2, 0.25) is 0 Å². The van der Waals surface area contributed by atoms with Crippen molar-refractivity contribution in [3.05, 3.63) is 33.2 Å². The van der Waals surface area contributed by atoms with E-state index in [0.717, 1.165) is 10.4 Å². The first-order chi connectivity index (χ1) is 11.3. The average Bonchev–Trinajstić information content (AvgIpc) is 3.02. The van der Waals surface area contributed by atoms with Crippen LogP contribution in [-0.2, 0) is 14.3 Å². The van der Waals surface area contributed by atoms with Gasteiger partial charge in [0.2, 0.25) is 0 Å². The largest absolute Gasteiger partial charge is 0.503 e. The fraction of sp³-hybridized carbons (Fsp3) is 0.556. The van der Waals surface area contributed by atoms with E-state index in [0.29, 0.717) is 13.2 Å². The van der Waals surface area contributed by atoms with Crippen LogP contribution < -0.4 is 0 Å². The highest BCUT2D eigenvalue weighted by Gasteiger charge is 2.44. The smallest absolute Gasteiger partial charge is 0.290 e. The summed E-state index contributed by atoms with van der Waals surface area (Å²) in [7, 11) is 0. The molecule has 24 heavy (non-hydrogen) atoms. The molecule has 6 heteroatoms. The molecule has 2 rings (SSSR count). The molecule has 1 aliphatic rings. The maximum absolute atomic E-state index is 12.6. The van der Waals surface area contributed by atoms with Crippen LogP contribution in [0.4, 0.5) is 0 Å². The zero-order chi connectivity index (χ0) is 18.0. The second-order valence-electron chi connectivity index (χ2n) is 6.57. The van der Waals surface area contributed by atoms with Gasteiger partial charge in [-0.15, -0.1) is 11.3 Å². The van der Waals surface area contributed by atoms with Crippen LogP contribution in [0.5, 0.6) is 0 Å². The van der Waals surface area contributed by atoms with E-state index in [1.807, 2.05) is 32.2 Å². The number of ketones is 1. The van der Waals surface area contributed by atoms with Crippen LogP contribution in [0.1, 0.15) is 44.2 Å². The Kier molecular flexibility index (Phi) is 5.83. The van der Waals surface area contributed by atoms with Crippen LogP contribution in [0, 0.1) is 12.8 Å². The fourth-order valence-electron chi connectivity index (χ4n) is 2.77. The Balaban J connectivity index is 2.40. The highest BCUT2D eigenvalue weighted by atomic mass is 32.1. The van der Waals surface area contributed by atoms with Gasteiger partial charge < -0.3 is 14.7 Å². The van der Waals surface area contributed by atoms with Crippen LogP contribution in [0.15, 0.2) is 22.8 Å². The minimum Gasteiger partial charge on any atom is -0.503 e. The molecule has 0 spiro atoms. The van der Waals surface area contributed by atoms with E-state index >= 15 is 0 Å². The minimum absolute atomic E-state index is 0.0583. The van der Waals surface area contributed by atoms with Gasteiger partial charge in [-0.3, -0.25) is 9.59 Å². The van der Waals surface area contributed by atoms with Crippen LogP contribution in [0.25, 0.3) is 0 Å². The van der Waals surface area contributed by atoms with Crippen LogP contribution in [0.3, 0.4) is 0 Å². The number of carbonyl (C=O) groups excluding carboxylic acids is 2. The number of Topliss-reactive ketones (excluding diaryl/α,β-unsaturated/α-hetero) is 1. The van der Waals surface area contributed by atoms with E-state index in [4.69, 9.17) is 4.74 Å². The fourth-order valence-corrected chi connectivity index (χ4v) is 3.82. The second kappa shape index (κ2) is 7.49. The first-order valence-corrected chi connectivity index (χ1v) is 9.07. The molecular formula is C18H25NO4S. The van der Waals surface area contributed by atoms with Crippen molar-refractivity contribution in [2.24, 2.45) is 5.92 Å². The molecule has 0 saturated carbocycles. The molecule has 0 aliphatic carbocycles. The number of aliphatic hydroxyl groups excluding tert-OH is 1. The Morgan fingerprint density at radius 1 is 1.38 bits per heavy atom. The van der Waals surface area contributed by atoms with Crippen molar-refractivity contribution in [3.63, 3.8) is 0 Å². The molecule has 1 aromatic rings.